The van der Waals surface area contributed by atoms with Gasteiger partial charge in [0.05, 0.1) is 19.3 Å². The van der Waals surface area contributed by atoms with E-state index in [1.165, 1.54) is 24.8 Å². The predicted molar refractivity (Wildman–Crippen MR) is 81.8 cm³/mol. The van der Waals surface area contributed by atoms with Crippen LogP contribution in [-0.2, 0) is 6.54 Å². The second-order valence-electron chi connectivity index (χ2n) is 5.63. The van der Waals surface area contributed by atoms with Gasteiger partial charge >= 0.3 is 0 Å². The van der Waals surface area contributed by atoms with E-state index >= 15 is 0 Å². The molecule has 0 amide bonds. The summed E-state index contributed by atoms with van der Waals surface area (Å²) in [4.78, 5) is 2.45. The number of benzene rings is 1. The van der Waals surface area contributed by atoms with E-state index < -0.39 is 0 Å². The molecule has 2 aromatic rings. The molecule has 0 radical (unpaired) electrons. The smallest absolute Gasteiger partial charge is 0.151 e. The third-order valence-corrected chi connectivity index (χ3v) is 4.03. The molecular formula is C16H22N4O. The Morgan fingerprint density at radius 1 is 1.19 bits per heavy atom. The summed E-state index contributed by atoms with van der Waals surface area (Å²) in [5, 5.41) is 8.41. The van der Waals surface area contributed by atoms with Gasteiger partial charge in [-0.05, 0) is 50.6 Å². The normalized spacial score (nSPS) is 16.1. The maximum Gasteiger partial charge on any atom is 0.151 e. The average molecular weight is 286 g/mol. The molecule has 1 aliphatic heterocycles. The minimum absolute atomic E-state index is 0.844. The number of nitrogens with zero attached hydrogens (tertiary/aromatic N) is 4. The van der Waals surface area contributed by atoms with Crippen LogP contribution < -0.4 is 4.74 Å². The summed E-state index contributed by atoms with van der Waals surface area (Å²) < 4.78 is 7.52. The average Bonchev–Trinajstić information content (AvgIpc) is 2.96. The van der Waals surface area contributed by atoms with Gasteiger partial charge in [0.1, 0.15) is 12.1 Å². The molecule has 0 aliphatic carbocycles. The molecule has 5 nitrogen and oxygen atoms in total. The Hall–Kier alpha value is -1.88. The van der Waals surface area contributed by atoms with Crippen molar-refractivity contribution >= 4 is 0 Å². The molecule has 0 unspecified atom stereocenters. The van der Waals surface area contributed by atoms with E-state index in [0.717, 1.165) is 36.9 Å². The molecule has 0 atom stereocenters. The highest BCUT2D eigenvalue weighted by atomic mass is 16.5. The molecule has 0 N–H and O–H groups in total. The van der Waals surface area contributed by atoms with E-state index in [0.29, 0.717) is 0 Å². The lowest BCUT2D eigenvalue weighted by Gasteiger charge is -2.26. The molecule has 1 fully saturated rings. The summed E-state index contributed by atoms with van der Waals surface area (Å²) in [5.41, 5.74) is 2.21. The van der Waals surface area contributed by atoms with Crippen LogP contribution >= 0.6 is 0 Å². The topological polar surface area (TPSA) is 43.2 Å². The van der Waals surface area contributed by atoms with Gasteiger partial charge in [0.25, 0.3) is 0 Å². The number of likely N-dealkylation sites (tertiary alicyclic amines) is 1. The Balaban J connectivity index is 1.89. The van der Waals surface area contributed by atoms with E-state index in [1.807, 2.05) is 10.6 Å². The molecule has 5 heteroatoms. The minimum Gasteiger partial charge on any atom is -0.495 e. The maximum atomic E-state index is 5.48. The van der Waals surface area contributed by atoms with Gasteiger partial charge in [-0.1, -0.05) is 12.5 Å². The minimum atomic E-state index is 0.844. The van der Waals surface area contributed by atoms with Crippen LogP contribution in [0.15, 0.2) is 24.5 Å². The van der Waals surface area contributed by atoms with Gasteiger partial charge in [-0.2, -0.15) is 0 Å². The number of aromatic nitrogens is 3. The van der Waals surface area contributed by atoms with Crippen molar-refractivity contribution < 1.29 is 4.74 Å². The van der Waals surface area contributed by atoms with Crippen molar-refractivity contribution in [3.63, 3.8) is 0 Å². The molecule has 1 aromatic heterocycles. The summed E-state index contributed by atoms with van der Waals surface area (Å²) in [7, 11) is 1.70. The lowest BCUT2D eigenvalue weighted by atomic mass is 10.1. The fourth-order valence-electron chi connectivity index (χ4n) is 2.87. The molecule has 1 aromatic carbocycles. The highest BCUT2D eigenvalue weighted by Crippen LogP contribution is 2.25. The first-order valence-corrected chi connectivity index (χ1v) is 7.54. The fourth-order valence-corrected chi connectivity index (χ4v) is 2.87. The molecule has 1 aliphatic rings. The third-order valence-electron chi connectivity index (χ3n) is 4.03. The first kappa shape index (κ1) is 14.1. The zero-order valence-corrected chi connectivity index (χ0v) is 12.7. The van der Waals surface area contributed by atoms with Gasteiger partial charge in [0.2, 0.25) is 0 Å². The number of hydrogen-bond acceptors (Lipinski definition) is 4. The van der Waals surface area contributed by atoms with Crippen molar-refractivity contribution in [2.75, 3.05) is 20.2 Å². The summed E-state index contributed by atoms with van der Waals surface area (Å²) in [6.45, 7) is 5.23. The molecule has 0 saturated carbocycles. The number of hydrogen-bond donors (Lipinski definition) is 0. The summed E-state index contributed by atoms with van der Waals surface area (Å²) in [5.74, 6) is 1.82. The Labute approximate surface area is 125 Å². The Bertz CT molecular complexity index is 602. The lowest BCUT2D eigenvalue weighted by molar-refractivity contribution is 0.214. The first-order chi connectivity index (χ1) is 10.3. The van der Waals surface area contributed by atoms with Gasteiger partial charge < -0.3 is 4.74 Å². The maximum absolute atomic E-state index is 5.48. The SMILES string of the molecule is COc1ccc(C)cc1-n1cnnc1CN1CCCCC1. The molecule has 2 heterocycles. The monoisotopic (exact) mass is 286 g/mol. The van der Waals surface area contributed by atoms with Crippen LogP contribution in [0.2, 0.25) is 0 Å². The first-order valence-electron chi connectivity index (χ1n) is 7.54. The van der Waals surface area contributed by atoms with Crippen molar-refractivity contribution in [2.24, 2.45) is 0 Å². The number of methoxy groups -OCH3 is 1. The van der Waals surface area contributed by atoms with Crippen LogP contribution in [-0.4, -0.2) is 39.9 Å². The van der Waals surface area contributed by atoms with Gasteiger partial charge in [-0.15, -0.1) is 10.2 Å². The predicted octanol–water partition coefficient (Wildman–Crippen LogP) is 2.57. The summed E-state index contributed by atoms with van der Waals surface area (Å²) in [6, 6.07) is 6.16. The van der Waals surface area contributed by atoms with Crippen LogP contribution in [0.3, 0.4) is 0 Å². The molecule has 3 rings (SSSR count). The van der Waals surface area contributed by atoms with E-state index in [4.69, 9.17) is 4.74 Å². The summed E-state index contributed by atoms with van der Waals surface area (Å²) in [6.07, 6.45) is 5.68. The molecule has 0 bridgehead atoms. The van der Waals surface area contributed by atoms with Crippen molar-refractivity contribution in [1.82, 2.24) is 19.7 Å². The Kier molecular flexibility index (Phi) is 4.20. The van der Waals surface area contributed by atoms with Crippen LogP contribution in [0.4, 0.5) is 0 Å². The van der Waals surface area contributed by atoms with E-state index in [1.54, 1.807) is 13.4 Å². The number of rotatable bonds is 4. The van der Waals surface area contributed by atoms with E-state index in [-0.39, 0.29) is 0 Å². The molecule has 0 spiro atoms. The van der Waals surface area contributed by atoms with Crippen LogP contribution in [0.25, 0.3) is 5.69 Å². The van der Waals surface area contributed by atoms with Gasteiger partial charge in [-0.25, -0.2) is 0 Å². The van der Waals surface area contributed by atoms with Crippen molar-refractivity contribution in [2.45, 2.75) is 32.7 Å². The second kappa shape index (κ2) is 6.26. The van der Waals surface area contributed by atoms with Crippen LogP contribution in [0, 0.1) is 6.92 Å². The van der Waals surface area contributed by atoms with E-state index in [9.17, 15) is 0 Å². The zero-order valence-electron chi connectivity index (χ0n) is 12.7. The van der Waals surface area contributed by atoms with Crippen molar-refractivity contribution in [1.29, 1.82) is 0 Å². The van der Waals surface area contributed by atoms with Crippen molar-refractivity contribution in [3.05, 3.63) is 35.9 Å². The standard InChI is InChI=1S/C16H22N4O/c1-13-6-7-15(21-2)14(10-13)20-12-17-18-16(20)11-19-8-4-3-5-9-19/h6-7,10,12H,3-5,8-9,11H2,1-2H3. The largest absolute Gasteiger partial charge is 0.495 e. The second-order valence-corrected chi connectivity index (χ2v) is 5.63. The van der Waals surface area contributed by atoms with E-state index in [2.05, 4.69) is 34.2 Å². The summed E-state index contributed by atoms with van der Waals surface area (Å²) >= 11 is 0. The zero-order chi connectivity index (χ0) is 14.7. The number of ether oxygens (including phenoxy) is 1. The number of aryl methyl sites for hydroxylation is 1. The van der Waals surface area contributed by atoms with Crippen molar-refractivity contribution in [3.8, 4) is 11.4 Å². The third kappa shape index (κ3) is 3.08. The lowest BCUT2D eigenvalue weighted by Crippen LogP contribution is -2.30. The molecule has 21 heavy (non-hydrogen) atoms. The van der Waals surface area contributed by atoms with Crippen LogP contribution in [0.1, 0.15) is 30.7 Å². The van der Waals surface area contributed by atoms with Gasteiger partial charge in [0, 0.05) is 0 Å². The number of piperidine rings is 1. The molecule has 1 saturated heterocycles. The highest BCUT2D eigenvalue weighted by Gasteiger charge is 2.16. The van der Waals surface area contributed by atoms with Crippen LogP contribution in [0.5, 0.6) is 5.75 Å². The van der Waals surface area contributed by atoms with Gasteiger partial charge in [0.15, 0.2) is 5.82 Å². The molecule has 112 valence electrons. The fraction of sp³-hybridized carbons (Fsp3) is 0.500. The Morgan fingerprint density at radius 3 is 2.76 bits per heavy atom. The quantitative estimate of drug-likeness (QED) is 0.866. The Morgan fingerprint density at radius 2 is 2.00 bits per heavy atom. The van der Waals surface area contributed by atoms with Gasteiger partial charge in [-0.3, -0.25) is 9.47 Å². The highest BCUT2D eigenvalue weighted by molar-refractivity contribution is 5.49. The molecular weight excluding hydrogens is 264 g/mol.